The summed E-state index contributed by atoms with van der Waals surface area (Å²) in [5.74, 6) is 0.755. The Kier molecular flexibility index (Phi) is 5.13. The van der Waals surface area contributed by atoms with Gasteiger partial charge in [0.15, 0.2) is 0 Å². The Morgan fingerprint density at radius 1 is 1.08 bits per heavy atom. The second-order valence-corrected chi connectivity index (χ2v) is 5.99. The summed E-state index contributed by atoms with van der Waals surface area (Å²) in [6.45, 7) is 0.466. The summed E-state index contributed by atoms with van der Waals surface area (Å²) in [6, 6.07) is 17.2. The molecule has 0 fully saturated rings. The molecule has 0 saturated carbocycles. The Morgan fingerprint density at radius 3 is 2.58 bits per heavy atom. The number of hydrogen-bond acceptors (Lipinski definition) is 3. The molecule has 2 N–H and O–H groups in total. The number of rotatable bonds is 5. The van der Waals surface area contributed by atoms with Crippen LogP contribution in [0.25, 0.3) is 11.1 Å². The van der Waals surface area contributed by atoms with Crippen LogP contribution in [-0.2, 0) is 6.54 Å². The molecule has 5 heteroatoms. The number of urea groups is 1. The quantitative estimate of drug-likeness (QED) is 0.705. The Bertz CT molecular complexity index is 798. The Morgan fingerprint density at radius 2 is 1.88 bits per heavy atom. The number of benzene rings is 2. The SMILES string of the molecule is COc1ccc(NC(=O)NCc2ccccc2-c2ccsc2)cc1. The van der Waals surface area contributed by atoms with Gasteiger partial charge in [-0.3, -0.25) is 0 Å². The molecular formula is C19H18N2O2S. The van der Waals surface area contributed by atoms with Crippen LogP contribution in [0.4, 0.5) is 10.5 Å². The van der Waals surface area contributed by atoms with Gasteiger partial charge in [0.05, 0.1) is 7.11 Å². The van der Waals surface area contributed by atoms with Gasteiger partial charge in [-0.05, 0) is 57.8 Å². The maximum atomic E-state index is 12.1. The first-order valence-corrected chi connectivity index (χ1v) is 8.50. The molecule has 2 amide bonds. The number of thiophene rings is 1. The molecule has 1 heterocycles. The van der Waals surface area contributed by atoms with Crippen LogP contribution in [0.1, 0.15) is 5.56 Å². The monoisotopic (exact) mass is 338 g/mol. The van der Waals surface area contributed by atoms with E-state index in [1.807, 2.05) is 30.3 Å². The lowest BCUT2D eigenvalue weighted by Gasteiger charge is -2.11. The molecule has 0 spiro atoms. The van der Waals surface area contributed by atoms with E-state index in [4.69, 9.17) is 4.74 Å². The predicted octanol–water partition coefficient (Wildman–Crippen LogP) is 4.75. The zero-order chi connectivity index (χ0) is 16.8. The molecule has 122 valence electrons. The molecule has 2 aromatic carbocycles. The maximum absolute atomic E-state index is 12.1. The van der Waals surface area contributed by atoms with Gasteiger partial charge in [0.25, 0.3) is 0 Å². The molecule has 0 saturated heterocycles. The van der Waals surface area contributed by atoms with E-state index in [1.165, 1.54) is 5.56 Å². The largest absolute Gasteiger partial charge is 0.497 e. The highest BCUT2D eigenvalue weighted by atomic mass is 32.1. The number of ether oxygens (including phenoxy) is 1. The molecule has 0 atom stereocenters. The van der Waals surface area contributed by atoms with Crippen LogP contribution in [0.2, 0.25) is 0 Å². The van der Waals surface area contributed by atoms with E-state index in [2.05, 4.69) is 33.5 Å². The van der Waals surface area contributed by atoms with Gasteiger partial charge in [0.1, 0.15) is 5.75 Å². The van der Waals surface area contributed by atoms with E-state index in [-0.39, 0.29) is 6.03 Å². The van der Waals surface area contributed by atoms with Crippen molar-refractivity contribution in [3.8, 4) is 16.9 Å². The first kappa shape index (κ1) is 16.1. The van der Waals surface area contributed by atoms with Gasteiger partial charge in [-0.25, -0.2) is 4.79 Å². The number of nitrogens with one attached hydrogen (secondary N) is 2. The van der Waals surface area contributed by atoms with E-state index in [9.17, 15) is 4.79 Å². The second kappa shape index (κ2) is 7.66. The molecule has 0 radical (unpaired) electrons. The molecule has 3 aromatic rings. The standard InChI is InChI=1S/C19H18N2O2S/c1-23-17-8-6-16(7-9-17)21-19(22)20-12-14-4-2-3-5-18(14)15-10-11-24-13-15/h2-11,13H,12H2,1H3,(H2,20,21,22). The lowest BCUT2D eigenvalue weighted by Crippen LogP contribution is -2.28. The number of carbonyl (C=O) groups excluding carboxylic acids is 1. The minimum atomic E-state index is -0.236. The van der Waals surface area contributed by atoms with E-state index in [0.29, 0.717) is 6.54 Å². The fraction of sp³-hybridized carbons (Fsp3) is 0.105. The number of methoxy groups -OCH3 is 1. The number of amides is 2. The van der Waals surface area contributed by atoms with Gasteiger partial charge in [-0.15, -0.1) is 0 Å². The van der Waals surface area contributed by atoms with Crippen LogP contribution in [0.5, 0.6) is 5.75 Å². The van der Waals surface area contributed by atoms with Crippen molar-refractivity contribution >= 4 is 23.1 Å². The average Bonchev–Trinajstić information content (AvgIpc) is 3.15. The molecule has 3 rings (SSSR count). The Labute approximate surface area is 145 Å². The minimum Gasteiger partial charge on any atom is -0.497 e. The fourth-order valence-electron chi connectivity index (χ4n) is 2.40. The molecule has 0 aliphatic heterocycles. The normalized spacial score (nSPS) is 10.2. The molecule has 1 aromatic heterocycles. The van der Waals surface area contributed by atoms with E-state index in [0.717, 1.165) is 22.6 Å². The Balaban J connectivity index is 1.62. The van der Waals surface area contributed by atoms with Gasteiger partial charge >= 0.3 is 6.03 Å². The van der Waals surface area contributed by atoms with Crippen LogP contribution in [0.3, 0.4) is 0 Å². The van der Waals surface area contributed by atoms with Crippen LogP contribution >= 0.6 is 11.3 Å². The summed E-state index contributed by atoms with van der Waals surface area (Å²) < 4.78 is 5.10. The molecule has 0 aliphatic rings. The van der Waals surface area contributed by atoms with Crippen LogP contribution in [-0.4, -0.2) is 13.1 Å². The summed E-state index contributed by atoms with van der Waals surface area (Å²) >= 11 is 1.66. The van der Waals surface area contributed by atoms with Gasteiger partial charge in [-0.1, -0.05) is 24.3 Å². The zero-order valence-corrected chi connectivity index (χ0v) is 14.1. The molecule has 0 bridgehead atoms. The number of carbonyl (C=O) groups is 1. The third-order valence-corrected chi connectivity index (χ3v) is 4.32. The number of hydrogen-bond donors (Lipinski definition) is 2. The smallest absolute Gasteiger partial charge is 0.319 e. The summed E-state index contributed by atoms with van der Waals surface area (Å²) in [5, 5.41) is 9.87. The van der Waals surface area contributed by atoms with Crippen molar-refractivity contribution in [3.05, 3.63) is 70.9 Å². The van der Waals surface area contributed by atoms with Gasteiger partial charge in [0.2, 0.25) is 0 Å². The van der Waals surface area contributed by atoms with E-state index >= 15 is 0 Å². The van der Waals surface area contributed by atoms with Gasteiger partial charge in [0, 0.05) is 12.2 Å². The van der Waals surface area contributed by atoms with Crippen molar-refractivity contribution in [3.63, 3.8) is 0 Å². The van der Waals surface area contributed by atoms with Crippen molar-refractivity contribution in [1.29, 1.82) is 0 Å². The first-order valence-electron chi connectivity index (χ1n) is 7.55. The van der Waals surface area contributed by atoms with Crippen molar-refractivity contribution < 1.29 is 9.53 Å². The highest BCUT2D eigenvalue weighted by molar-refractivity contribution is 7.08. The predicted molar refractivity (Wildman–Crippen MR) is 98.6 cm³/mol. The van der Waals surface area contributed by atoms with E-state index < -0.39 is 0 Å². The van der Waals surface area contributed by atoms with Crippen LogP contribution in [0.15, 0.2) is 65.4 Å². The maximum Gasteiger partial charge on any atom is 0.319 e. The molecule has 0 aliphatic carbocycles. The van der Waals surface area contributed by atoms with Crippen molar-refractivity contribution in [2.24, 2.45) is 0 Å². The summed E-state index contributed by atoms with van der Waals surface area (Å²) in [7, 11) is 1.61. The van der Waals surface area contributed by atoms with Crippen molar-refractivity contribution in [1.82, 2.24) is 5.32 Å². The third kappa shape index (κ3) is 3.94. The lowest BCUT2D eigenvalue weighted by molar-refractivity contribution is 0.252. The first-order chi connectivity index (χ1) is 11.8. The van der Waals surface area contributed by atoms with E-state index in [1.54, 1.807) is 30.6 Å². The lowest BCUT2D eigenvalue weighted by atomic mass is 10.0. The van der Waals surface area contributed by atoms with Crippen molar-refractivity contribution in [2.45, 2.75) is 6.54 Å². The van der Waals surface area contributed by atoms with Crippen molar-refractivity contribution in [2.75, 3.05) is 12.4 Å². The van der Waals surface area contributed by atoms with Gasteiger partial charge in [-0.2, -0.15) is 11.3 Å². The average molecular weight is 338 g/mol. The second-order valence-electron chi connectivity index (χ2n) is 5.21. The highest BCUT2D eigenvalue weighted by Gasteiger charge is 2.07. The Hall–Kier alpha value is -2.79. The van der Waals surface area contributed by atoms with Crippen LogP contribution < -0.4 is 15.4 Å². The molecular weight excluding hydrogens is 320 g/mol. The zero-order valence-electron chi connectivity index (χ0n) is 13.3. The fourth-order valence-corrected chi connectivity index (χ4v) is 3.05. The summed E-state index contributed by atoms with van der Waals surface area (Å²) in [6.07, 6.45) is 0. The topological polar surface area (TPSA) is 50.4 Å². The molecule has 4 nitrogen and oxygen atoms in total. The minimum absolute atomic E-state index is 0.236. The van der Waals surface area contributed by atoms with Crippen LogP contribution in [0, 0.1) is 0 Å². The van der Waals surface area contributed by atoms with Gasteiger partial charge < -0.3 is 15.4 Å². The molecule has 24 heavy (non-hydrogen) atoms. The highest BCUT2D eigenvalue weighted by Crippen LogP contribution is 2.25. The number of anilines is 1. The third-order valence-electron chi connectivity index (χ3n) is 3.64. The summed E-state index contributed by atoms with van der Waals surface area (Å²) in [4.78, 5) is 12.1. The molecule has 0 unspecified atom stereocenters. The summed E-state index contributed by atoms with van der Waals surface area (Å²) in [5.41, 5.74) is 4.12.